The van der Waals surface area contributed by atoms with E-state index in [9.17, 15) is 0 Å². The normalized spacial score (nSPS) is 11.6. The minimum atomic E-state index is 0.958. The Labute approximate surface area is 196 Å². The van der Waals surface area contributed by atoms with Gasteiger partial charge in [0.05, 0.1) is 0 Å². The lowest BCUT2D eigenvalue weighted by Crippen LogP contribution is -2.11. The molecule has 0 N–H and O–H groups in total. The van der Waals surface area contributed by atoms with Crippen molar-refractivity contribution in [3.05, 3.63) is 78.1 Å². The van der Waals surface area contributed by atoms with E-state index in [2.05, 4.69) is 123 Å². The maximum Gasteiger partial charge on any atom is 0.0488 e. The molecule has 0 spiro atoms. The van der Waals surface area contributed by atoms with Crippen molar-refractivity contribution in [1.29, 1.82) is 0 Å². The molecule has 33 heavy (non-hydrogen) atoms. The van der Waals surface area contributed by atoms with Crippen LogP contribution in [0.4, 0.5) is 5.69 Å². The van der Waals surface area contributed by atoms with Crippen molar-refractivity contribution in [2.45, 2.75) is 40.8 Å². The molecule has 0 aliphatic carbocycles. The third-order valence-corrected chi connectivity index (χ3v) is 7.14. The smallest absolute Gasteiger partial charge is 0.0488 e. The second kappa shape index (κ2) is 8.15. The van der Waals surface area contributed by atoms with Crippen LogP contribution in [0, 0.1) is 13.8 Å². The van der Waals surface area contributed by atoms with E-state index in [0.717, 1.165) is 13.1 Å². The number of anilines is 1. The zero-order valence-electron chi connectivity index (χ0n) is 20.6. The summed E-state index contributed by atoms with van der Waals surface area (Å²) in [4.78, 5) is 2.25. The van der Waals surface area contributed by atoms with Crippen LogP contribution in [0.25, 0.3) is 44.1 Å². The van der Waals surface area contributed by atoms with E-state index in [1.807, 2.05) is 0 Å². The summed E-state index contributed by atoms with van der Waals surface area (Å²) >= 11 is 0. The van der Waals surface area contributed by atoms with E-state index in [-0.39, 0.29) is 0 Å². The number of rotatable bonds is 5. The largest absolute Gasteiger partial charge is 0.377 e. The van der Waals surface area contributed by atoms with Crippen LogP contribution in [-0.2, 0) is 13.1 Å². The fourth-order valence-electron chi connectivity index (χ4n) is 5.72. The minimum absolute atomic E-state index is 0.958. The van der Waals surface area contributed by atoms with Crippen molar-refractivity contribution >= 4 is 27.5 Å². The highest BCUT2D eigenvalue weighted by Crippen LogP contribution is 2.47. The maximum absolute atomic E-state index is 2.45. The number of nitrogens with zero attached hydrogens (tertiary/aromatic N) is 3. The molecule has 0 amide bonds. The molecule has 0 aliphatic heterocycles. The standard InChI is InChI=1S/C30H33N3/c1-7-32-20(3)28(22-14-9-11-17-25(22)32)24-16-13-19-27(31(5)6)30(24)29-21(4)33(8-2)26-18-12-10-15-23(26)29/h9-19H,7-8H2,1-6H3. The number of para-hydroxylation sites is 2. The van der Waals surface area contributed by atoms with Gasteiger partial charge in [-0.25, -0.2) is 0 Å². The minimum Gasteiger partial charge on any atom is -0.377 e. The van der Waals surface area contributed by atoms with E-state index in [1.54, 1.807) is 0 Å². The van der Waals surface area contributed by atoms with Gasteiger partial charge in [0, 0.05) is 82.8 Å². The van der Waals surface area contributed by atoms with Gasteiger partial charge < -0.3 is 14.0 Å². The molecule has 168 valence electrons. The molecule has 2 aromatic heterocycles. The zero-order chi connectivity index (χ0) is 23.3. The predicted molar refractivity (Wildman–Crippen MR) is 143 cm³/mol. The highest BCUT2D eigenvalue weighted by Gasteiger charge is 2.24. The zero-order valence-corrected chi connectivity index (χ0v) is 20.6. The number of aryl methyl sites for hydroxylation is 2. The molecule has 0 radical (unpaired) electrons. The van der Waals surface area contributed by atoms with Gasteiger partial charge in [0.15, 0.2) is 0 Å². The first-order valence-electron chi connectivity index (χ1n) is 12.0. The lowest BCUT2D eigenvalue weighted by Gasteiger charge is -2.22. The number of benzene rings is 3. The van der Waals surface area contributed by atoms with Crippen molar-refractivity contribution in [1.82, 2.24) is 9.13 Å². The summed E-state index contributed by atoms with van der Waals surface area (Å²) in [6, 6.07) is 24.5. The summed E-state index contributed by atoms with van der Waals surface area (Å²) in [6.45, 7) is 10.9. The molecule has 3 aromatic carbocycles. The predicted octanol–water partition coefficient (Wildman–Crippen LogP) is 7.65. The SMILES string of the molecule is CCn1c(C)c(-c2cccc(N(C)C)c2-c2c(C)n(CC)c3ccccc23)c2ccccc21. The molecule has 5 aromatic rings. The first-order chi connectivity index (χ1) is 16.0. The first kappa shape index (κ1) is 21.4. The molecular formula is C30H33N3. The average molecular weight is 436 g/mol. The van der Waals surface area contributed by atoms with Crippen molar-refractivity contribution in [3.8, 4) is 22.3 Å². The van der Waals surface area contributed by atoms with E-state index < -0.39 is 0 Å². The Hall–Kier alpha value is -3.46. The lowest BCUT2D eigenvalue weighted by molar-refractivity contribution is 0.770. The fourth-order valence-corrected chi connectivity index (χ4v) is 5.72. The Morgan fingerprint density at radius 2 is 1.12 bits per heavy atom. The molecule has 3 heteroatoms. The first-order valence-corrected chi connectivity index (χ1v) is 12.0. The van der Waals surface area contributed by atoms with Crippen LogP contribution in [0.15, 0.2) is 66.7 Å². The topological polar surface area (TPSA) is 13.1 Å². The number of hydrogen-bond donors (Lipinski definition) is 0. The van der Waals surface area contributed by atoms with Crippen molar-refractivity contribution in [2.24, 2.45) is 0 Å². The highest BCUT2D eigenvalue weighted by molar-refractivity contribution is 6.09. The summed E-state index contributed by atoms with van der Waals surface area (Å²) in [6.07, 6.45) is 0. The molecule has 3 nitrogen and oxygen atoms in total. The summed E-state index contributed by atoms with van der Waals surface area (Å²) < 4.78 is 4.89. The van der Waals surface area contributed by atoms with Crippen LogP contribution >= 0.6 is 0 Å². The molecule has 0 saturated heterocycles. The Balaban J connectivity index is 1.96. The molecule has 0 aliphatic rings. The van der Waals surface area contributed by atoms with Crippen LogP contribution in [-0.4, -0.2) is 23.2 Å². The lowest BCUT2D eigenvalue weighted by atomic mass is 9.89. The van der Waals surface area contributed by atoms with E-state index in [4.69, 9.17) is 0 Å². The summed E-state index contributed by atoms with van der Waals surface area (Å²) in [5, 5.41) is 2.65. The fraction of sp³-hybridized carbons (Fsp3) is 0.267. The van der Waals surface area contributed by atoms with Gasteiger partial charge >= 0.3 is 0 Å². The summed E-state index contributed by atoms with van der Waals surface area (Å²) in [5.41, 5.74) is 11.8. The quantitative estimate of drug-likeness (QED) is 0.276. The van der Waals surface area contributed by atoms with Crippen LogP contribution < -0.4 is 4.90 Å². The van der Waals surface area contributed by atoms with Crippen molar-refractivity contribution in [2.75, 3.05) is 19.0 Å². The van der Waals surface area contributed by atoms with Crippen LogP contribution in [0.5, 0.6) is 0 Å². The molecule has 0 fully saturated rings. The van der Waals surface area contributed by atoms with E-state index in [1.165, 1.54) is 61.1 Å². The number of aromatic nitrogens is 2. The van der Waals surface area contributed by atoms with Gasteiger partial charge in [-0.1, -0.05) is 48.5 Å². The second-order valence-corrected chi connectivity index (χ2v) is 9.04. The van der Waals surface area contributed by atoms with Gasteiger partial charge in [-0.15, -0.1) is 0 Å². The van der Waals surface area contributed by atoms with Crippen molar-refractivity contribution < 1.29 is 0 Å². The van der Waals surface area contributed by atoms with Gasteiger partial charge in [-0.2, -0.15) is 0 Å². The van der Waals surface area contributed by atoms with Gasteiger partial charge in [0.2, 0.25) is 0 Å². The number of fused-ring (bicyclic) bond motifs is 2. The van der Waals surface area contributed by atoms with Gasteiger partial charge in [-0.05, 0) is 51.5 Å². The molecule has 0 atom stereocenters. The Morgan fingerprint density at radius 3 is 1.67 bits per heavy atom. The number of hydrogen-bond acceptors (Lipinski definition) is 1. The van der Waals surface area contributed by atoms with E-state index >= 15 is 0 Å². The van der Waals surface area contributed by atoms with Crippen LogP contribution in [0.1, 0.15) is 25.2 Å². The van der Waals surface area contributed by atoms with Gasteiger partial charge in [0.25, 0.3) is 0 Å². The molecule has 0 bridgehead atoms. The van der Waals surface area contributed by atoms with Gasteiger partial charge in [0.1, 0.15) is 0 Å². The van der Waals surface area contributed by atoms with Crippen LogP contribution in [0.3, 0.4) is 0 Å². The summed E-state index contributed by atoms with van der Waals surface area (Å²) in [7, 11) is 4.30. The average Bonchev–Trinajstić information content (AvgIpc) is 3.27. The third kappa shape index (κ3) is 3.10. The molecule has 0 unspecified atom stereocenters. The molecule has 5 rings (SSSR count). The van der Waals surface area contributed by atoms with Crippen molar-refractivity contribution in [3.63, 3.8) is 0 Å². The van der Waals surface area contributed by atoms with E-state index in [0.29, 0.717) is 0 Å². The Morgan fingerprint density at radius 1 is 0.606 bits per heavy atom. The third-order valence-electron chi connectivity index (χ3n) is 7.14. The van der Waals surface area contributed by atoms with Crippen LogP contribution in [0.2, 0.25) is 0 Å². The molecule has 2 heterocycles. The monoisotopic (exact) mass is 435 g/mol. The highest BCUT2D eigenvalue weighted by atomic mass is 15.1. The maximum atomic E-state index is 2.45. The van der Waals surface area contributed by atoms with Gasteiger partial charge in [-0.3, -0.25) is 0 Å². The summed E-state index contributed by atoms with van der Waals surface area (Å²) in [5.74, 6) is 0. The second-order valence-electron chi connectivity index (χ2n) is 9.04. The molecule has 0 saturated carbocycles. The molecular weight excluding hydrogens is 402 g/mol. The Kier molecular flexibility index (Phi) is 5.28. The Bertz CT molecular complexity index is 1480.